The van der Waals surface area contributed by atoms with E-state index >= 15 is 0 Å². The molecule has 1 aromatic carbocycles. The maximum atomic E-state index is 12.2. The third-order valence-corrected chi connectivity index (χ3v) is 4.71. The highest BCUT2D eigenvalue weighted by Crippen LogP contribution is 2.21. The van der Waals surface area contributed by atoms with E-state index in [1.807, 2.05) is 0 Å². The molecule has 1 fully saturated rings. The molecular formula is C13H16O4S. The van der Waals surface area contributed by atoms with Gasteiger partial charge in [-0.25, -0.2) is 4.79 Å². The normalized spacial score (nSPS) is 18.4. The van der Waals surface area contributed by atoms with E-state index < -0.39 is 16.8 Å². The molecule has 0 bridgehead atoms. The van der Waals surface area contributed by atoms with Gasteiger partial charge in [0.1, 0.15) is 0 Å². The Kier molecular flexibility index (Phi) is 4.49. The van der Waals surface area contributed by atoms with Gasteiger partial charge in [0.15, 0.2) is 0 Å². The molecule has 1 aromatic rings. The van der Waals surface area contributed by atoms with E-state index in [9.17, 15) is 9.00 Å². The van der Waals surface area contributed by atoms with Crippen LogP contribution >= 0.6 is 0 Å². The number of ether oxygens (including phenoxy) is 1. The molecule has 1 aliphatic rings. The molecule has 1 saturated heterocycles. The summed E-state index contributed by atoms with van der Waals surface area (Å²) in [6.45, 7) is 1.42. The van der Waals surface area contributed by atoms with Gasteiger partial charge in [-0.3, -0.25) is 4.21 Å². The Balaban J connectivity index is 2.10. The Morgan fingerprint density at radius 2 is 2.00 bits per heavy atom. The molecule has 1 unspecified atom stereocenters. The smallest absolute Gasteiger partial charge is 0.336 e. The molecule has 0 radical (unpaired) electrons. The summed E-state index contributed by atoms with van der Waals surface area (Å²) in [5, 5.41) is 9.07. The first-order valence-corrected chi connectivity index (χ1v) is 7.29. The Labute approximate surface area is 108 Å². The van der Waals surface area contributed by atoms with Crippen LogP contribution in [-0.2, 0) is 15.5 Å². The zero-order valence-electron chi connectivity index (χ0n) is 10.0. The Bertz CT molecular complexity index is 452. The largest absolute Gasteiger partial charge is 0.478 e. The quantitative estimate of drug-likeness (QED) is 0.906. The first-order chi connectivity index (χ1) is 8.68. The molecular weight excluding hydrogens is 252 g/mol. The van der Waals surface area contributed by atoms with Crippen LogP contribution in [0.2, 0.25) is 0 Å². The van der Waals surface area contributed by atoms with Crippen molar-refractivity contribution in [1.82, 2.24) is 0 Å². The van der Waals surface area contributed by atoms with Gasteiger partial charge in [0.05, 0.1) is 21.3 Å². The minimum atomic E-state index is -1.25. The first kappa shape index (κ1) is 13.2. The average Bonchev–Trinajstić information content (AvgIpc) is 2.40. The fourth-order valence-electron chi connectivity index (χ4n) is 2.06. The van der Waals surface area contributed by atoms with Crippen LogP contribution < -0.4 is 0 Å². The van der Waals surface area contributed by atoms with E-state index in [4.69, 9.17) is 9.84 Å². The predicted molar refractivity (Wildman–Crippen MR) is 68.2 cm³/mol. The van der Waals surface area contributed by atoms with Crippen molar-refractivity contribution in [2.24, 2.45) is 5.92 Å². The molecule has 4 nitrogen and oxygen atoms in total. The standard InChI is InChI=1S/C13H16O4S/c14-13(15)11-3-1-2-4-12(11)18(16)9-10-5-7-17-8-6-10/h1-4,10H,5-9H2,(H,14,15). The van der Waals surface area contributed by atoms with Gasteiger partial charge in [-0.15, -0.1) is 0 Å². The molecule has 98 valence electrons. The van der Waals surface area contributed by atoms with E-state index in [-0.39, 0.29) is 5.56 Å². The predicted octanol–water partition coefficient (Wildman–Crippen LogP) is 1.92. The summed E-state index contributed by atoms with van der Waals surface area (Å²) in [4.78, 5) is 11.5. The van der Waals surface area contributed by atoms with Crippen LogP contribution in [-0.4, -0.2) is 34.3 Å². The minimum absolute atomic E-state index is 0.142. The van der Waals surface area contributed by atoms with Crippen molar-refractivity contribution in [1.29, 1.82) is 0 Å². The van der Waals surface area contributed by atoms with E-state index in [0.29, 0.717) is 29.8 Å². The summed E-state index contributed by atoms with van der Waals surface area (Å²) in [5.74, 6) is -0.138. The summed E-state index contributed by atoms with van der Waals surface area (Å²) in [5.41, 5.74) is 0.142. The number of carboxylic acids is 1. The molecule has 1 N–H and O–H groups in total. The van der Waals surface area contributed by atoms with Crippen LogP contribution in [0.3, 0.4) is 0 Å². The molecule has 0 saturated carbocycles. The Morgan fingerprint density at radius 3 is 2.67 bits per heavy atom. The molecule has 2 rings (SSSR count). The number of carboxylic acid groups (broad SMARTS) is 1. The van der Waals surface area contributed by atoms with E-state index in [1.54, 1.807) is 18.2 Å². The maximum absolute atomic E-state index is 12.2. The lowest BCUT2D eigenvalue weighted by atomic mass is 10.0. The number of carbonyl (C=O) groups is 1. The molecule has 0 aromatic heterocycles. The van der Waals surface area contributed by atoms with E-state index in [2.05, 4.69) is 0 Å². The van der Waals surface area contributed by atoms with Crippen LogP contribution in [0.4, 0.5) is 0 Å². The minimum Gasteiger partial charge on any atom is -0.478 e. The van der Waals surface area contributed by atoms with Crippen molar-refractivity contribution in [3.63, 3.8) is 0 Å². The second-order valence-corrected chi connectivity index (χ2v) is 5.83. The number of hydrogen-bond donors (Lipinski definition) is 1. The SMILES string of the molecule is O=C(O)c1ccccc1S(=O)CC1CCOCC1. The lowest BCUT2D eigenvalue weighted by Gasteiger charge is -2.21. The van der Waals surface area contributed by atoms with E-state index in [1.165, 1.54) is 6.07 Å². The van der Waals surface area contributed by atoms with Crippen molar-refractivity contribution in [2.45, 2.75) is 17.7 Å². The third-order valence-electron chi connectivity index (χ3n) is 3.09. The van der Waals surface area contributed by atoms with Crippen LogP contribution in [0.25, 0.3) is 0 Å². The van der Waals surface area contributed by atoms with Crippen LogP contribution in [0.1, 0.15) is 23.2 Å². The first-order valence-electron chi connectivity index (χ1n) is 5.97. The average molecular weight is 268 g/mol. The van der Waals surface area contributed by atoms with Crippen molar-refractivity contribution in [2.75, 3.05) is 19.0 Å². The fourth-order valence-corrected chi connectivity index (χ4v) is 3.63. The highest BCUT2D eigenvalue weighted by atomic mass is 32.2. The number of rotatable bonds is 4. The third kappa shape index (κ3) is 3.17. The lowest BCUT2D eigenvalue weighted by molar-refractivity contribution is 0.0691. The molecule has 0 aliphatic carbocycles. The van der Waals surface area contributed by atoms with Crippen molar-refractivity contribution in [3.8, 4) is 0 Å². The highest BCUT2D eigenvalue weighted by molar-refractivity contribution is 7.85. The molecule has 1 aliphatic heterocycles. The van der Waals surface area contributed by atoms with Gasteiger partial charge in [0.25, 0.3) is 0 Å². The lowest BCUT2D eigenvalue weighted by Crippen LogP contribution is -2.21. The molecule has 1 heterocycles. The summed E-state index contributed by atoms with van der Waals surface area (Å²) in [7, 11) is -1.25. The van der Waals surface area contributed by atoms with Gasteiger partial charge in [-0.05, 0) is 30.9 Å². The number of hydrogen-bond acceptors (Lipinski definition) is 3. The van der Waals surface area contributed by atoms with Crippen LogP contribution in [0.5, 0.6) is 0 Å². The summed E-state index contributed by atoms with van der Waals surface area (Å²) in [6, 6.07) is 6.51. The van der Waals surface area contributed by atoms with Crippen molar-refractivity contribution in [3.05, 3.63) is 29.8 Å². The fraction of sp³-hybridized carbons (Fsp3) is 0.462. The summed E-state index contributed by atoms with van der Waals surface area (Å²) >= 11 is 0. The monoisotopic (exact) mass is 268 g/mol. The second kappa shape index (κ2) is 6.11. The summed E-state index contributed by atoms with van der Waals surface area (Å²) in [6.07, 6.45) is 1.81. The summed E-state index contributed by atoms with van der Waals surface area (Å²) < 4.78 is 17.5. The van der Waals surface area contributed by atoms with Gasteiger partial charge in [-0.1, -0.05) is 12.1 Å². The van der Waals surface area contributed by atoms with Gasteiger partial charge in [0, 0.05) is 19.0 Å². The van der Waals surface area contributed by atoms with Crippen molar-refractivity contribution >= 4 is 16.8 Å². The maximum Gasteiger partial charge on any atom is 0.336 e. The zero-order chi connectivity index (χ0) is 13.0. The molecule has 5 heteroatoms. The Hall–Kier alpha value is -1.20. The van der Waals surface area contributed by atoms with Gasteiger partial charge < -0.3 is 9.84 Å². The number of aromatic carboxylic acids is 1. The highest BCUT2D eigenvalue weighted by Gasteiger charge is 2.20. The van der Waals surface area contributed by atoms with Gasteiger partial charge in [0.2, 0.25) is 0 Å². The van der Waals surface area contributed by atoms with Gasteiger partial charge in [-0.2, -0.15) is 0 Å². The molecule has 0 amide bonds. The van der Waals surface area contributed by atoms with E-state index in [0.717, 1.165) is 12.8 Å². The number of benzene rings is 1. The van der Waals surface area contributed by atoms with Gasteiger partial charge >= 0.3 is 5.97 Å². The molecule has 18 heavy (non-hydrogen) atoms. The van der Waals surface area contributed by atoms with Crippen LogP contribution in [0.15, 0.2) is 29.2 Å². The second-order valence-electron chi connectivity index (χ2n) is 4.37. The molecule has 0 spiro atoms. The topological polar surface area (TPSA) is 63.6 Å². The van der Waals surface area contributed by atoms with Crippen molar-refractivity contribution < 1.29 is 18.8 Å². The molecule has 1 atom stereocenters. The zero-order valence-corrected chi connectivity index (χ0v) is 10.8. The van der Waals surface area contributed by atoms with Crippen LogP contribution in [0, 0.1) is 5.92 Å². The Morgan fingerprint density at radius 1 is 1.33 bits per heavy atom.